The summed E-state index contributed by atoms with van der Waals surface area (Å²) < 4.78 is 1.99. The van der Waals surface area contributed by atoms with Crippen LogP contribution in [0, 0.1) is 0 Å². The van der Waals surface area contributed by atoms with Crippen molar-refractivity contribution in [2.75, 3.05) is 0 Å². The Kier molecular flexibility index (Phi) is 3.25. The zero-order valence-electron chi connectivity index (χ0n) is 10.6. The van der Waals surface area contributed by atoms with Crippen LogP contribution in [0.1, 0.15) is 25.3 Å². The minimum atomic E-state index is -0.574. The van der Waals surface area contributed by atoms with E-state index in [1.54, 1.807) is 18.2 Å². The molecule has 3 rings (SSSR count). The molecule has 1 heterocycles. The number of hydrogen-bond donors (Lipinski definition) is 2. The normalized spacial score (nSPS) is 15.1. The molecule has 1 aliphatic carbocycles. The van der Waals surface area contributed by atoms with Crippen LogP contribution in [0.5, 0.6) is 5.88 Å². The van der Waals surface area contributed by atoms with Crippen molar-refractivity contribution in [1.82, 2.24) is 9.55 Å². The van der Waals surface area contributed by atoms with Crippen LogP contribution in [0.25, 0.3) is 11.1 Å². The second-order valence-electron chi connectivity index (χ2n) is 4.89. The van der Waals surface area contributed by atoms with E-state index in [1.165, 1.54) is 4.57 Å². The Labute approximate surface area is 123 Å². The van der Waals surface area contributed by atoms with Gasteiger partial charge in [-0.15, -0.1) is 0 Å². The van der Waals surface area contributed by atoms with E-state index in [1.807, 2.05) is 6.07 Å². The topological polar surface area (TPSA) is 75.1 Å². The van der Waals surface area contributed by atoms with Crippen LogP contribution < -0.4 is 11.2 Å². The summed E-state index contributed by atoms with van der Waals surface area (Å²) in [5.41, 5.74) is -0.425. The predicted octanol–water partition coefficient (Wildman–Crippen LogP) is 2.40. The van der Waals surface area contributed by atoms with Crippen LogP contribution in [0.2, 0.25) is 0 Å². The molecule has 6 heteroatoms. The van der Waals surface area contributed by atoms with Crippen molar-refractivity contribution >= 4 is 15.9 Å². The van der Waals surface area contributed by atoms with Gasteiger partial charge in [0.2, 0.25) is 5.88 Å². The lowest BCUT2D eigenvalue weighted by Crippen LogP contribution is -2.35. The molecule has 1 aromatic heterocycles. The quantitative estimate of drug-likeness (QED) is 0.884. The third-order valence-electron chi connectivity index (χ3n) is 3.70. The van der Waals surface area contributed by atoms with Crippen LogP contribution in [0.15, 0.2) is 38.3 Å². The Morgan fingerprint density at radius 2 is 1.95 bits per heavy atom. The zero-order valence-corrected chi connectivity index (χ0v) is 12.2. The number of rotatable bonds is 2. The Bertz CT molecular complexity index is 775. The second kappa shape index (κ2) is 4.94. The SMILES string of the molecule is O=c1[nH]c(=O)n(C2CCC2)c(O)c1-c1ccccc1Br. The summed E-state index contributed by atoms with van der Waals surface area (Å²) in [6.07, 6.45) is 2.71. The molecule has 0 unspecified atom stereocenters. The van der Waals surface area contributed by atoms with Gasteiger partial charge in [-0.25, -0.2) is 4.79 Å². The molecule has 1 saturated carbocycles. The fraction of sp³-hybridized carbons (Fsp3) is 0.286. The number of H-pyrrole nitrogens is 1. The van der Waals surface area contributed by atoms with E-state index in [2.05, 4.69) is 20.9 Å². The molecule has 0 aliphatic heterocycles. The lowest BCUT2D eigenvalue weighted by atomic mass is 9.92. The van der Waals surface area contributed by atoms with Gasteiger partial charge < -0.3 is 5.11 Å². The second-order valence-corrected chi connectivity index (χ2v) is 5.75. The number of halogens is 1. The molecule has 2 N–H and O–H groups in total. The van der Waals surface area contributed by atoms with Gasteiger partial charge in [0.1, 0.15) is 5.56 Å². The molecule has 1 aromatic carbocycles. The highest BCUT2D eigenvalue weighted by Gasteiger charge is 2.26. The first-order valence-electron chi connectivity index (χ1n) is 6.42. The highest BCUT2D eigenvalue weighted by atomic mass is 79.9. The monoisotopic (exact) mass is 336 g/mol. The Hall–Kier alpha value is -1.82. The lowest BCUT2D eigenvalue weighted by molar-refractivity contribution is 0.267. The van der Waals surface area contributed by atoms with Gasteiger partial charge in [-0.2, -0.15) is 0 Å². The molecule has 104 valence electrons. The molecule has 1 fully saturated rings. The van der Waals surface area contributed by atoms with Crippen molar-refractivity contribution in [3.8, 4) is 17.0 Å². The highest BCUT2D eigenvalue weighted by Crippen LogP contribution is 2.36. The maximum Gasteiger partial charge on any atom is 0.331 e. The van der Waals surface area contributed by atoms with Gasteiger partial charge in [0.05, 0.1) is 0 Å². The van der Waals surface area contributed by atoms with E-state index in [-0.39, 0.29) is 17.5 Å². The van der Waals surface area contributed by atoms with Crippen LogP contribution in [-0.4, -0.2) is 14.7 Å². The average molecular weight is 337 g/mol. The van der Waals surface area contributed by atoms with Crippen molar-refractivity contribution in [3.63, 3.8) is 0 Å². The van der Waals surface area contributed by atoms with Gasteiger partial charge in [0.15, 0.2) is 0 Å². The molecule has 0 spiro atoms. The van der Waals surface area contributed by atoms with Crippen LogP contribution in [0.3, 0.4) is 0 Å². The van der Waals surface area contributed by atoms with Crippen molar-refractivity contribution in [2.45, 2.75) is 25.3 Å². The molecule has 0 atom stereocenters. The minimum Gasteiger partial charge on any atom is -0.494 e. The fourth-order valence-corrected chi connectivity index (χ4v) is 2.91. The maximum absolute atomic E-state index is 12.0. The number of nitrogens with zero attached hydrogens (tertiary/aromatic N) is 1. The van der Waals surface area contributed by atoms with Crippen molar-refractivity contribution in [1.29, 1.82) is 0 Å². The van der Waals surface area contributed by atoms with Crippen LogP contribution in [-0.2, 0) is 0 Å². The van der Waals surface area contributed by atoms with Crippen molar-refractivity contribution in [2.24, 2.45) is 0 Å². The van der Waals surface area contributed by atoms with E-state index in [4.69, 9.17) is 0 Å². The third-order valence-corrected chi connectivity index (χ3v) is 4.39. The minimum absolute atomic E-state index is 0.0272. The highest BCUT2D eigenvalue weighted by molar-refractivity contribution is 9.10. The standard InChI is InChI=1S/C14H13BrN2O3/c15-10-7-2-1-6-9(10)11-12(18)16-14(20)17(13(11)19)8-4-3-5-8/h1-2,6-8,19H,3-5H2,(H,16,18,20). The Morgan fingerprint density at radius 1 is 1.25 bits per heavy atom. The summed E-state index contributed by atoms with van der Waals surface area (Å²) >= 11 is 3.36. The van der Waals surface area contributed by atoms with Gasteiger partial charge >= 0.3 is 5.69 Å². The van der Waals surface area contributed by atoms with Gasteiger partial charge in [0, 0.05) is 16.1 Å². The number of aromatic amines is 1. The summed E-state index contributed by atoms with van der Waals surface area (Å²) in [6, 6.07) is 7.08. The smallest absolute Gasteiger partial charge is 0.331 e. The van der Waals surface area contributed by atoms with E-state index in [0.717, 1.165) is 19.3 Å². The molecular weight excluding hydrogens is 324 g/mol. The zero-order chi connectivity index (χ0) is 14.3. The molecule has 0 bridgehead atoms. The van der Waals surface area contributed by atoms with Gasteiger partial charge in [-0.05, 0) is 25.3 Å². The molecule has 2 aromatic rings. The summed E-state index contributed by atoms with van der Waals surface area (Å²) in [4.78, 5) is 26.2. The van der Waals surface area contributed by atoms with E-state index < -0.39 is 11.2 Å². The van der Waals surface area contributed by atoms with Crippen molar-refractivity contribution < 1.29 is 5.11 Å². The average Bonchev–Trinajstić information content (AvgIpc) is 2.34. The molecule has 0 radical (unpaired) electrons. The fourth-order valence-electron chi connectivity index (χ4n) is 2.43. The summed E-state index contributed by atoms with van der Waals surface area (Å²) in [5, 5.41) is 10.4. The first kappa shape index (κ1) is 13.2. The number of benzene rings is 1. The van der Waals surface area contributed by atoms with Gasteiger partial charge in [-0.3, -0.25) is 14.3 Å². The predicted molar refractivity (Wildman–Crippen MR) is 79.0 cm³/mol. The summed E-state index contributed by atoms with van der Waals surface area (Å²) in [7, 11) is 0. The molecule has 0 saturated heterocycles. The van der Waals surface area contributed by atoms with Crippen LogP contribution >= 0.6 is 15.9 Å². The van der Waals surface area contributed by atoms with E-state index in [9.17, 15) is 14.7 Å². The number of hydrogen-bond acceptors (Lipinski definition) is 3. The number of aromatic hydroxyl groups is 1. The third kappa shape index (κ3) is 2.00. The van der Waals surface area contributed by atoms with E-state index in [0.29, 0.717) is 10.0 Å². The van der Waals surface area contributed by atoms with Crippen molar-refractivity contribution in [3.05, 3.63) is 49.6 Å². The van der Waals surface area contributed by atoms with Crippen LogP contribution in [0.4, 0.5) is 0 Å². The Balaban J connectivity index is 2.29. The van der Waals surface area contributed by atoms with E-state index >= 15 is 0 Å². The maximum atomic E-state index is 12.0. The molecule has 20 heavy (non-hydrogen) atoms. The largest absolute Gasteiger partial charge is 0.494 e. The first-order chi connectivity index (χ1) is 9.59. The first-order valence-corrected chi connectivity index (χ1v) is 7.21. The molecular formula is C14H13BrN2O3. The number of aromatic nitrogens is 2. The Morgan fingerprint density at radius 3 is 2.55 bits per heavy atom. The molecule has 1 aliphatic rings. The lowest BCUT2D eigenvalue weighted by Gasteiger charge is -2.28. The van der Waals surface area contributed by atoms with Gasteiger partial charge in [-0.1, -0.05) is 34.1 Å². The number of nitrogens with one attached hydrogen (secondary N) is 1. The summed E-state index contributed by atoms with van der Waals surface area (Å²) in [5.74, 6) is -0.254. The molecule has 5 nitrogen and oxygen atoms in total. The van der Waals surface area contributed by atoms with Gasteiger partial charge in [0.25, 0.3) is 5.56 Å². The summed E-state index contributed by atoms with van der Waals surface area (Å²) in [6.45, 7) is 0. The molecule has 0 amide bonds.